The van der Waals surface area contributed by atoms with Crippen LogP contribution in [0.1, 0.15) is 44.1 Å². The second-order valence-electron chi connectivity index (χ2n) is 6.82. The minimum absolute atomic E-state index is 0. The molecule has 1 saturated heterocycles. The summed E-state index contributed by atoms with van der Waals surface area (Å²) < 4.78 is 5.44. The molecule has 23 heavy (non-hydrogen) atoms. The molecule has 0 atom stereocenters. The summed E-state index contributed by atoms with van der Waals surface area (Å²) in [5.41, 5.74) is 7.59. The third-order valence-corrected chi connectivity index (χ3v) is 5.70. The molecule has 0 bridgehead atoms. The number of nitrogens with two attached hydrogens (primary N) is 1. The molecule has 1 aromatic carbocycles. The molecule has 0 spiro atoms. The van der Waals surface area contributed by atoms with Crippen molar-refractivity contribution in [3.8, 4) is 0 Å². The molecule has 1 aliphatic heterocycles. The van der Waals surface area contributed by atoms with E-state index in [1.165, 1.54) is 18.4 Å². The van der Waals surface area contributed by atoms with Crippen molar-refractivity contribution < 1.29 is 4.74 Å². The molecule has 1 aliphatic carbocycles. The van der Waals surface area contributed by atoms with Gasteiger partial charge in [-0.25, -0.2) is 0 Å². The summed E-state index contributed by atoms with van der Waals surface area (Å²) in [5, 5.41) is 4.65. The topological polar surface area (TPSA) is 47.3 Å². The van der Waals surface area contributed by atoms with E-state index < -0.39 is 0 Å². The van der Waals surface area contributed by atoms with Crippen LogP contribution < -0.4 is 11.1 Å². The van der Waals surface area contributed by atoms with Crippen molar-refractivity contribution >= 4 is 24.0 Å². The molecule has 5 heteroatoms. The van der Waals surface area contributed by atoms with Crippen molar-refractivity contribution in [2.24, 2.45) is 5.73 Å². The van der Waals surface area contributed by atoms with Gasteiger partial charge in [-0.15, -0.1) is 12.4 Å². The molecule has 1 aromatic rings. The van der Waals surface area contributed by atoms with Crippen LogP contribution in [0, 0.1) is 0 Å². The first-order chi connectivity index (χ1) is 10.7. The molecule has 2 aliphatic rings. The van der Waals surface area contributed by atoms with E-state index in [1.807, 2.05) is 12.1 Å². The number of halogens is 2. The van der Waals surface area contributed by atoms with Crippen LogP contribution in [0.25, 0.3) is 0 Å². The minimum atomic E-state index is 0. The standard InChI is InChI=1S/C18H27ClN2O.ClH/c19-15-3-1-2-14(12-15)18(13-20)8-4-16(5-9-18)21-17-6-10-22-11-7-17;/h1-3,12,16-17,21H,4-11,13,20H2;1H/t16-,18-;. The fourth-order valence-corrected chi connectivity index (χ4v) is 4.15. The van der Waals surface area contributed by atoms with Crippen molar-refractivity contribution in [3.05, 3.63) is 34.9 Å². The molecule has 1 saturated carbocycles. The molecule has 2 fully saturated rings. The third kappa shape index (κ3) is 4.61. The maximum Gasteiger partial charge on any atom is 0.0480 e. The number of hydrogen-bond donors (Lipinski definition) is 2. The average molecular weight is 359 g/mol. The van der Waals surface area contributed by atoms with Crippen LogP contribution in [0.2, 0.25) is 5.02 Å². The monoisotopic (exact) mass is 358 g/mol. The molecule has 3 N–H and O–H groups in total. The van der Waals surface area contributed by atoms with E-state index in [9.17, 15) is 0 Å². The average Bonchev–Trinajstić information content (AvgIpc) is 2.57. The van der Waals surface area contributed by atoms with Gasteiger partial charge in [-0.1, -0.05) is 23.7 Å². The van der Waals surface area contributed by atoms with Gasteiger partial charge in [0.05, 0.1) is 0 Å². The number of benzene rings is 1. The lowest BCUT2D eigenvalue weighted by molar-refractivity contribution is 0.0716. The first-order valence-corrected chi connectivity index (χ1v) is 8.89. The molecule has 0 amide bonds. The van der Waals surface area contributed by atoms with Crippen LogP contribution in [0.5, 0.6) is 0 Å². The van der Waals surface area contributed by atoms with Gasteiger partial charge in [0, 0.05) is 42.3 Å². The highest BCUT2D eigenvalue weighted by atomic mass is 35.5. The Morgan fingerprint density at radius 3 is 2.39 bits per heavy atom. The van der Waals surface area contributed by atoms with Crippen LogP contribution >= 0.6 is 24.0 Å². The third-order valence-electron chi connectivity index (χ3n) is 5.46. The molecule has 0 unspecified atom stereocenters. The normalized spacial score (nSPS) is 29.0. The van der Waals surface area contributed by atoms with Crippen LogP contribution in [0.4, 0.5) is 0 Å². The first-order valence-electron chi connectivity index (χ1n) is 8.52. The Morgan fingerprint density at radius 1 is 1.13 bits per heavy atom. The van der Waals surface area contributed by atoms with Gasteiger partial charge in [0.2, 0.25) is 0 Å². The molecular weight excluding hydrogens is 331 g/mol. The molecule has 0 aromatic heterocycles. The zero-order chi connectivity index (χ0) is 15.4. The smallest absolute Gasteiger partial charge is 0.0480 e. The molecule has 1 heterocycles. The molecular formula is C18H28Cl2N2O. The van der Waals surface area contributed by atoms with E-state index in [1.54, 1.807) is 0 Å². The van der Waals surface area contributed by atoms with Gasteiger partial charge in [-0.05, 0) is 56.2 Å². The van der Waals surface area contributed by atoms with E-state index in [0.717, 1.165) is 43.9 Å². The van der Waals surface area contributed by atoms with E-state index in [4.69, 9.17) is 22.1 Å². The van der Waals surface area contributed by atoms with Gasteiger partial charge in [-0.3, -0.25) is 0 Å². The fourth-order valence-electron chi connectivity index (χ4n) is 3.96. The summed E-state index contributed by atoms with van der Waals surface area (Å²) in [7, 11) is 0. The van der Waals surface area contributed by atoms with Gasteiger partial charge in [0.1, 0.15) is 0 Å². The number of rotatable bonds is 4. The number of ether oxygens (including phenoxy) is 1. The summed E-state index contributed by atoms with van der Waals surface area (Å²) >= 11 is 6.18. The van der Waals surface area contributed by atoms with Crippen molar-refractivity contribution in [1.82, 2.24) is 5.32 Å². The number of nitrogens with one attached hydrogen (secondary N) is 1. The molecule has 3 nitrogen and oxygen atoms in total. The van der Waals surface area contributed by atoms with Gasteiger partial charge >= 0.3 is 0 Å². The summed E-state index contributed by atoms with van der Waals surface area (Å²) in [6, 6.07) is 9.53. The second kappa shape index (κ2) is 8.68. The van der Waals surface area contributed by atoms with Crippen LogP contribution in [0.15, 0.2) is 24.3 Å². The molecule has 0 radical (unpaired) electrons. The lowest BCUT2D eigenvalue weighted by Gasteiger charge is -2.41. The highest BCUT2D eigenvalue weighted by molar-refractivity contribution is 6.30. The summed E-state index contributed by atoms with van der Waals surface area (Å²) in [4.78, 5) is 0. The van der Waals surface area contributed by atoms with E-state index in [2.05, 4.69) is 17.4 Å². The van der Waals surface area contributed by atoms with Crippen molar-refractivity contribution in [1.29, 1.82) is 0 Å². The Bertz CT molecular complexity index is 484. The van der Waals surface area contributed by atoms with Gasteiger partial charge in [-0.2, -0.15) is 0 Å². The second-order valence-corrected chi connectivity index (χ2v) is 7.26. The van der Waals surface area contributed by atoms with Crippen LogP contribution in [-0.2, 0) is 10.2 Å². The number of hydrogen-bond acceptors (Lipinski definition) is 3. The van der Waals surface area contributed by atoms with Crippen molar-refractivity contribution in [2.75, 3.05) is 19.8 Å². The Morgan fingerprint density at radius 2 is 1.78 bits per heavy atom. The van der Waals surface area contributed by atoms with Crippen LogP contribution in [-0.4, -0.2) is 31.8 Å². The Hall–Kier alpha value is -0.320. The fraction of sp³-hybridized carbons (Fsp3) is 0.667. The maximum atomic E-state index is 6.18. The minimum Gasteiger partial charge on any atom is -0.381 e. The van der Waals surface area contributed by atoms with Gasteiger partial charge in [0.25, 0.3) is 0 Å². The molecule has 130 valence electrons. The summed E-state index contributed by atoms with van der Waals surface area (Å²) in [5.74, 6) is 0. The Kier molecular flexibility index (Phi) is 7.18. The van der Waals surface area contributed by atoms with E-state index >= 15 is 0 Å². The predicted octanol–water partition coefficient (Wildman–Crippen LogP) is 3.67. The largest absolute Gasteiger partial charge is 0.381 e. The predicted molar refractivity (Wildman–Crippen MR) is 98.7 cm³/mol. The van der Waals surface area contributed by atoms with Crippen LogP contribution in [0.3, 0.4) is 0 Å². The van der Waals surface area contributed by atoms with Gasteiger partial charge in [0.15, 0.2) is 0 Å². The highest BCUT2D eigenvalue weighted by Crippen LogP contribution is 2.39. The Balaban J connectivity index is 0.00000192. The van der Waals surface area contributed by atoms with Crippen molar-refractivity contribution in [3.63, 3.8) is 0 Å². The summed E-state index contributed by atoms with van der Waals surface area (Å²) in [6.07, 6.45) is 6.97. The SMILES string of the molecule is Cl.NC[C@]1(c2cccc(Cl)c2)CC[C@H](NC2CCOCC2)CC1. The first kappa shape index (κ1) is 19.0. The Labute approximate surface area is 150 Å². The van der Waals surface area contributed by atoms with E-state index in [0.29, 0.717) is 18.6 Å². The van der Waals surface area contributed by atoms with Gasteiger partial charge < -0.3 is 15.8 Å². The maximum absolute atomic E-state index is 6.18. The summed E-state index contributed by atoms with van der Waals surface area (Å²) in [6.45, 7) is 2.51. The lowest BCUT2D eigenvalue weighted by atomic mass is 9.68. The lowest BCUT2D eigenvalue weighted by Crippen LogP contribution is -2.47. The zero-order valence-electron chi connectivity index (χ0n) is 13.6. The van der Waals surface area contributed by atoms with E-state index in [-0.39, 0.29) is 17.8 Å². The van der Waals surface area contributed by atoms with Crippen molar-refractivity contribution in [2.45, 2.75) is 56.0 Å². The quantitative estimate of drug-likeness (QED) is 0.862. The molecule has 3 rings (SSSR count). The highest BCUT2D eigenvalue weighted by Gasteiger charge is 2.36. The zero-order valence-corrected chi connectivity index (χ0v) is 15.2.